The molecule has 0 saturated carbocycles. The van der Waals surface area contributed by atoms with E-state index in [0.29, 0.717) is 15.7 Å². The van der Waals surface area contributed by atoms with Gasteiger partial charge in [0.1, 0.15) is 0 Å². The zero-order chi connectivity index (χ0) is 16.3. The summed E-state index contributed by atoms with van der Waals surface area (Å²) >= 11 is 4.66. The summed E-state index contributed by atoms with van der Waals surface area (Å²) in [6.45, 7) is 3.52. The lowest BCUT2D eigenvalue weighted by molar-refractivity contribution is -0.120. The lowest BCUT2D eigenvalue weighted by atomic mass is 10.2. The van der Waals surface area contributed by atoms with Crippen LogP contribution < -0.4 is 10.3 Å². The maximum absolute atomic E-state index is 12.2. The fourth-order valence-electron chi connectivity index (χ4n) is 1.74. The molecule has 0 aliphatic heterocycles. The Labute approximate surface area is 141 Å². The van der Waals surface area contributed by atoms with Crippen molar-refractivity contribution in [3.05, 3.63) is 44.3 Å². The maximum Gasteiger partial charge on any atom is 0.257 e. The Morgan fingerprint density at radius 3 is 2.73 bits per heavy atom. The Morgan fingerprint density at radius 2 is 2.09 bits per heavy atom. The number of hydrazine groups is 1. The smallest absolute Gasteiger partial charge is 0.257 e. The number of benzene rings is 1. The Hall–Kier alpha value is -1.29. The molecule has 9 heteroatoms. The molecule has 0 aliphatic rings. The van der Waals surface area contributed by atoms with Crippen molar-refractivity contribution in [2.24, 2.45) is 0 Å². The number of carbonyl (C=O) groups is 1. The van der Waals surface area contributed by atoms with Crippen LogP contribution in [-0.2, 0) is 21.2 Å². The lowest BCUT2D eigenvalue weighted by Gasteiger charge is -2.10. The summed E-state index contributed by atoms with van der Waals surface area (Å²) in [7, 11) is -3.83. The van der Waals surface area contributed by atoms with Crippen molar-refractivity contribution in [3.63, 3.8) is 0 Å². The van der Waals surface area contributed by atoms with Crippen molar-refractivity contribution in [3.8, 4) is 0 Å². The van der Waals surface area contributed by atoms with Crippen LogP contribution in [0.1, 0.15) is 16.3 Å². The first-order chi connectivity index (χ1) is 10.3. The molecule has 0 aliphatic carbocycles. The maximum atomic E-state index is 12.2. The van der Waals surface area contributed by atoms with Crippen molar-refractivity contribution in [2.75, 3.05) is 0 Å². The van der Waals surface area contributed by atoms with E-state index in [4.69, 9.17) is 0 Å². The largest absolute Gasteiger partial charge is 0.277 e. The zero-order valence-corrected chi connectivity index (χ0v) is 15.1. The molecule has 0 bridgehead atoms. The van der Waals surface area contributed by atoms with Crippen LogP contribution in [0.5, 0.6) is 0 Å². The highest BCUT2D eigenvalue weighted by atomic mass is 79.9. The number of hydrogen-bond donors (Lipinski definition) is 2. The summed E-state index contributed by atoms with van der Waals surface area (Å²) in [6, 6.07) is 4.91. The molecule has 1 aromatic carbocycles. The van der Waals surface area contributed by atoms with Crippen LogP contribution in [0.15, 0.2) is 32.9 Å². The number of nitrogens with one attached hydrogen (secondary N) is 2. The summed E-state index contributed by atoms with van der Waals surface area (Å²) < 4.78 is 25.1. The second kappa shape index (κ2) is 6.86. The van der Waals surface area contributed by atoms with Gasteiger partial charge < -0.3 is 0 Å². The first kappa shape index (κ1) is 17.1. The summed E-state index contributed by atoms with van der Waals surface area (Å²) in [5, 5.41) is 2.62. The monoisotopic (exact) mass is 403 g/mol. The third-order valence-electron chi connectivity index (χ3n) is 2.77. The molecule has 0 fully saturated rings. The van der Waals surface area contributed by atoms with Gasteiger partial charge in [-0.25, -0.2) is 13.4 Å². The van der Waals surface area contributed by atoms with Gasteiger partial charge in [-0.1, -0.05) is 22.0 Å². The van der Waals surface area contributed by atoms with Crippen molar-refractivity contribution in [1.29, 1.82) is 0 Å². The number of hydrogen-bond acceptors (Lipinski definition) is 5. The first-order valence-corrected chi connectivity index (χ1v) is 9.41. The van der Waals surface area contributed by atoms with E-state index in [9.17, 15) is 13.2 Å². The number of carbonyl (C=O) groups excluding carboxylic acids is 1. The molecule has 0 saturated heterocycles. The molecule has 1 aromatic heterocycles. The average Bonchev–Trinajstić information content (AvgIpc) is 2.84. The number of aromatic nitrogens is 1. The van der Waals surface area contributed by atoms with E-state index < -0.39 is 15.9 Å². The predicted octanol–water partition coefficient (Wildman–Crippen LogP) is 2.07. The van der Waals surface area contributed by atoms with Crippen molar-refractivity contribution in [2.45, 2.75) is 25.2 Å². The van der Waals surface area contributed by atoms with E-state index in [0.717, 1.165) is 5.01 Å². The molecule has 6 nitrogen and oxygen atoms in total. The highest BCUT2D eigenvalue weighted by molar-refractivity contribution is 9.10. The number of aryl methyl sites for hydroxylation is 2. The van der Waals surface area contributed by atoms with Gasteiger partial charge in [0.2, 0.25) is 5.91 Å². The molecule has 2 N–H and O–H groups in total. The normalized spacial score (nSPS) is 11.4. The zero-order valence-electron chi connectivity index (χ0n) is 11.9. The van der Waals surface area contributed by atoms with Crippen LogP contribution in [0.2, 0.25) is 0 Å². The van der Waals surface area contributed by atoms with Gasteiger partial charge in [0.05, 0.1) is 22.0 Å². The molecule has 0 atom stereocenters. The fraction of sp³-hybridized carbons (Fsp3) is 0.231. The van der Waals surface area contributed by atoms with E-state index in [-0.39, 0.29) is 11.3 Å². The van der Waals surface area contributed by atoms with E-state index in [2.05, 4.69) is 31.2 Å². The second-order valence-electron chi connectivity index (χ2n) is 4.60. The SMILES string of the molecule is Cc1nc(CC(=O)NNS(=O)(=O)c2cc(Br)ccc2C)cs1. The van der Waals surface area contributed by atoms with E-state index in [1.807, 2.05) is 6.92 Å². The molecule has 2 rings (SSSR count). The van der Waals surface area contributed by atoms with Crippen LogP contribution in [0.4, 0.5) is 0 Å². The van der Waals surface area contributed by atoms with Gasteiger partial charge in [-0.2, -0.15) is 0 Å². The molecule has 2 aromatic rings. The van der Waals surface area contributed by atoms with Gasteiger partial charge in [-0.05, 0) is 31.5 Å². The second-order valence-corrected chi connectivity index (χ2v) is 8.23. The summed E-state index contributed by atoms with van der Waals surface area (Å²) in [6.07, 6.45) is 0.0182. The number of amides is 1. The van der Waals surface area contributed by atoms with Crippen LogP contribution >= 0.6 is 27.3 Å². The third-order valence-corrected chi connectivity index (χ3v) is 5.48. The molecule has 1 heterocycles. The molecule has 0 radical (unpaired) electrons. The van der Waals surface area contributed by atoms with E-state index in [1.165, 1.54) is 17.4 Å². The van der Waals surface area contributed by atoms with Gasteiger partial charge >= 0.3 is 0 Å². The average molecular weight is 404 g/mol. The Bertz CT molecular complexity index is 803. The molecule has 1 amide bonds. The summed E-state index contributed by atoms with van der Waals surface area (Å²) in [5.41, 5.74) is 3.39. The minimum Gasteiger partial charge on any atom is -0.277 e. The molecule has 118 valence electrons. The van der Waals surface area contributed by atoms with Crippen LogP contribution in [0.3, 0.4) is 0 Å². The van der Waals surface area contributed by atoms with Gasteiger partial charge in [-0.15, -0.1) is 16.2 Å². The number of rotatable bonds is 5. The predicted molar refractivity (Wildman–Crippen MR) is 87.9 cm³/mol. The minimum absolute atomic E-state index is 0.0182. The summed E-state index contributed by atoms with van der Waals surface area (Å²) in [4.78, 5) is 18.1. The minimum atomic E-state index is -3.83. The number of sulfonamides is 1. The van der Waals surface area contributed by atoms with Crippen LogP contribution in [0.25, 0.3) is 0 Å². The van der Waals surface area contributed by atoms with Crippen LogP contribution in [-0.4, -0.2) is 19.3 Å². The van der Waals surface area contributed by atoms with Gasteiger partial charge in [0, 0.05) is 9.85 Å². The topological polar surface area (TPSA) is 88.2 Å². The van der Waals surface area contributed by atoms with Gasteiger partial charge in [0.25, 0.3) is 10.0 Å². The quantitative estimate of drug-likeness (QED) is 0.747. The van der Waals surface area contributed by atoms with Crippen molar-refractivity contribution in [1.82, 2.24) is 15.2 Å². The Balaban J connectivity index is 2.03. The van der Waals surface area contributed by atoms with Gasteiger partial charge in [0.15, 0.2) is 0 Å². The molecular weight excluding hydrogens is 390 g/mol. The number of thiazole rings is 1. The standard InChI is InChI=1S/C13H14BrN3O3S2/c1-8-3-4-10(14)5-12(8)22(19,20)17-16-13(18)6-11-7-21-9(2)15-11/h3-5,7,17H,6H2,1-2H3,(H,16,18). The Morgan fingerprint density at radius 1 is 1.36 bits per heavy atom. The number of nitrogens with zero attached hydrogens (tertiary/aromatic N) is 1. The fourth-order valence-corrected chi connectivity index (χ4v) is 4.00. The summed E-state index contributed by atoms with van der Waals surface area (Å²) in [5.74, 6) is -0.471. The molecule has 0 unspecified atom stereocenters. The molecule has 22 heavy (non-hydrogen) atoms. The van der Waals surface area contributed by atoms with E-state index in [1.54, 1.807) is 24.4 Å². The highest BCUT2D eigenvalue weighted by Gasteiger charge is 2.18. The van der Waals surface area contributed by atoms with Crippen LogP contribution in [0, 0.1) is 13.8 Å². The molecule has 0 spiro atoms. The Kier molecular flexibility index (Phi) is 5.32. The van der Waals surface area contributed by atoms with Crippen molar-refractivity contribution >= 4 is 43.2 Å². The molecular formula is C13H14BrN3O3S2. The lowest BCUT2D eigenvalue weighted by Crippen LogP contribution is -2.42. The number of halogens is 1. The van der Waals surface area contributed by atoms with Gasteiger partial charge in [-0.3, -0.25) is 10.2 Å². The van der Waals surface area contributed by atoms with E-state index >= 15 is 0 Å². The highest BCUT2D eigenvalue weighted by Crippen LogP contribution is 2.20. The third kappa shape index (κ3) is 4.35. The first-order valence-electron chi connectivity index (χ1n) is 6.26. The van der Waals surface area contributed by atoms with Crippen molar-refractivity contribution < 1.29 is 13.2 Å².